The van der Waals surface area contributed by atoms with Crippen LogP contribution in [0.3, 0.4) is 0 Å². The van der Waals surface area contributed by atoms with Crippen LogP contribution in [0.2, 0.25) is 0 Å². The van der Waals surface area contributed by atoms with Gasteiger partial charge in [0.2, 0.25) is 0 Å². The van der Waals surface area contributed by atoms with Gasteiger partial charge in [0.25, 0.3) is 0 Å². The van der Waals surface area contributed by atoms with Gasteiger partial charge in [0.05, 0.1) is 6.33 Å². The maximum atomic E-state index is 5.67. The topological polar surface area (TPSA) is 17.8 Å². The molecule has 1 rings (SSSR count). The zero-order valence-corrected chi connectivity index (χ0v) is 6.56. The number of hydrogen-bond donors (Lipinski definition) is 0. The molecule has 4 heteroatoms. The molecule has 0 bridgehead atoms. The Kier molecular flexibility index (Phi) is 3.66. The monoisotopic (exact) mass is 166 g/mol. The first-order valence-corrected chi connectivity index (χ1v) is 2.86. The number of rotatable bonds is 1. The maximum absolute atomic E-state index is 5.67. The van der Waals surface area contributed by atoms with Crippen molar-refractivity contribution in [2.24, 2.45) is 0 Å². The van der Waals surface area contributed by atoms with E-state index < -0.39 is 0 Å². The number of alkyl halides is 1. The molecule has 1 aromatic rings. The van der Waals surface area contributed by atoms with Crippen LogP contribution in [0.5, 0.6) is 0 Å². The van der Waals surface area contributed by atoms with E-state index >= 15 is 0 Å². The zero-order chi connectivity index (χ0) is 5.98. The standard InChI is InChI=1S/C5H7ClN2.ClH/c1-5(6)8-3-2-7-4-8;/h2-5H,1H3;1H. The molecule has 0 aliphatic carbocycles. The molecule has 0 saturated heterocycles. The van der Waals surface area contributed by atoms with Crippen molar-refractivity contribution in [1.82, 2.24) is 9.55 Å². The van der Waals surface area contributed by atoms with E-state index in [9.17, 15) is 0 Å². The summed E-state index contributed by atoms with van der Waals surface area (Å²) in [6, 6.07) is 0. The van der Waals surface area contributed by atoms with E-state index in [-0.39, 0.29) is 17.9 Å². The second-order valence-electron chi connectivity index (χ2n) is 1.58. The summed E-state index contributed by atoms with van der Waals surface area (Å²) < 4.78 is 1.82. The molecule has 0 radical (unpaired) electrons. The lowest BCUT2D eigenvalue weighted by Gasteiger charge is -1.99. The molecule has 0 saturated carbocycles. The van der Waals surface area contributed by atoms with E-state index in [1.54, 1.807) is 12.5 Å². The molecule has 0 fully saturated rings. The smallest absolute Gasteiger partial charge is 0.106 e. The van der Waals surface area contributed by atoms with Crippen molar-refractivity contribution in [3.8, 4) is 0 Å². The molecule has 0 aliphatic heterocycles. The summed E-state index contributed by atoms with van der Waals surface area (Å²) in [6.45, 7) is 1.89. The molecule has 1 atom stereocenters. The minimum absolute atomic E-state index is 0. The fraction of sp³-hybridized carbons (Fsp3) is 0.400. The predicted octanol–water partition coefficient (Wildman–Crippen LogP) is 2.06. The third kappa shape index (κ3) is 2.24. The van der Waals surface area contributed by atoms with Gasteiger partial charge in [-0.2, -0.15) is 0 Å². The molecule has 0 aliphatic rings. The Morgan fingerprint density at radius 3 is 2.56 bits per heavy atom. The van der Waals surface area contributed by atoms with Crippen molar-refractivity contribution in [1.29, 1.82) is 0 Å². The van der Waals surface area contributed by atoms with Crippen LogP contribution in [0.25, 0.3) is 0 Å². The lowest BCUT2D eigenvalue weighted by Crippen LogP contribution is -1.92. The maximum Gasteiger partial charge on any atom is 0.106 e. The lowest BCUT2D eigenvalue weighted by atomic mass is 10.7. The summed E-state index contributed by atoms with van der Waals surface area (Å²) in [5.74, 6) is 0. The number of aromatic nitrogens is 2. The van der Waals surface area contributed by atoms with Crippen LogP contribution in [0.15, 0.2) is 18.7 Å². The van der Waals surface area contributed by atoms with Gasteiger partial charge in [0, 0.05) is 12.4 Å². The number of hydrogen-bond acceptors (Lipinski definition) is 1. The molecular formula is C5H8Cl2N2. The highest BCUT2D eigenvalue weighted by molar-refractivity contribution is 6.18. The van der Waals surface area contributed by atoms with E-state index in [1.165, 1.54) is 0 Å². The molecule has 0 amide bonds. The van der Waals surface area contributed by atoms with Crippen LogP contribution < -0.4 is 0 Å². The normalized spacial score (nSPS) is 12.2. The van der Waals surface area contributed by atoms with Gasteiger partial charge >= 0.3 is 0 Å². The van der Waals surface area contributed by atoms with Crippen LogP contribution in [0.1, 0.15) is 12.4 Å². The van der Waals surface area contributed by atoms with Crippen molar-refractivity contribution in [2.75, 3.05) is 0 Å². The van der Waals surface area contributed by atoms with Crippen molar-refractivity contribution in [3.05, 3.63) is 18.7 Å². The number of halogens is 2. The molecule has 0 N–H and O–H groups in total. The highest BCUT2D eigenvalue weighted by Crippen LogP contribution is 2.07. The minimum Gasteiger partial charge on any atom is -0.321 e. The van der Waals surface area contributed by atoms with Gasteiger partial charge in [-0.25, -0.2) is 4.98 Å². The first kappa shape index (κ1) is 8.79. The van der Waals surface area contributed by atoms with Crippen LogP contribution in [0.4, 0.5) is 0 Å². The van der Waals surface area contributed by atoms with Gasteiger partial charge in [-0.3, -0.25) is 0 Å². The summed E-state index contributed by atoms with van der Waals surface area (Å²) in [5, 5.41) is 0. The molecule has 0 aromatic carbocycles. The summed E-state index contributed by atoms with van der Waals surface area (Å²) in [4.78, 5) is 3.82. The highest BCUT2D eigenvalue weighted by Gasteiger charge is 1.93. The van der Waals surface area contributed by atoms with E-state index in [0.29, 0.717) is 0 Å². The van der Waals surface area contributed by atoms with Gasteiger partial charge in [0.15, 0.2) is 0 Å². The van der Waals surface area contributed by atoms with Crippen LogP contribution in [-0.2, 0) is 0 Å². The second-order valence-corrected chi connectivity index (χ2v) is 2.22. The second kappa shape index (κ2) is 3.75. The van der Waals surface area contributed by atoms with Gasteiger partial charge in [-0.1, -0.05) is 11.6 Å². The Hall–Kier alpha value is -0.210. The summed E-state index contributed by atoms with van der Waals surface area (Å²) >= 11 is 5.67. The van der Waals surface area contributed by atoms with Crippen LogP contribution in [-0.4, -0.2) is 9.55 Å². The molecule has 1 unspecified atom stereocenters. The molecular weight excluding hydrogens is 159 g/mol. The van der Waals surface area contributed by atoms with Crippen LogP contribution in [0, 0.1) is 0 Å². The first-order valence-electron chi connectivity index (χ1n) is 2.42. The molecule has 1 aromatic heterocycles. The van der Waals surface area contributed by atoms with E-state index in [2.05, 4.69) is 4.98 Å². The fourth-order valence-corrected chi connectivity index (χ4v) is 0.595. The quantitative estimate of drug-likeness (QED) is 0.585. The zero-order valence-electron chi connectivity index (χ0n) is 4.99. The number of imidazole rings is 1. The number of nitrogens with zero attached hydrogens (tertiary/aromatic N) is 2. The summed E-state index contributed by atoms with van der Waals surface area (Å²) in [7, 11) is 0. The van der Waals surface area contributed by atoms with Crippen molar-refractivity contribution in [2.45, 2.75) is 12.4 Å². The average molecular weight is 167 g/mol. The van der Waals surface area contributed by atoms with Crippen molar-refractivity contribution >= 4 is 24.0 Å². The Bertz CT molecular complexity index is 148. The molecule has 9 heavy (non-hydrogen) atoms. The molecule has 2 nitrogen and oxygen atoms in total. The fourth-order valence-electron chi connectivity index (χ4n) is 0.480. The van der Waals surface area contributed by atoms with E-state index in [1.807, 2.05) is 17.7 Å². The lowest BCUT2D eigenvalue weighted by molar-refractivity contribution is 0.727. The van der Waals surface area contributed by atoms with Crippen LogP contribution >= 0.6 is 24.0 Å². The van der Waals surface area contributed by atoms with Gasteiger partial charge in [-0.15, -0.1) is 12.4 Å². The third-order valence-electron chi connectivity index (χ3n) is 0.936. The Morgan fingerprint density at radius 2 is 2.33 bits per heavy atom. The summed E-state index contributed by atoms with van der Waals surface area (Å²) in [6.07, 6.45) is 5.23. The van der Waals surface area contributed by atoms with Crippen molar-refractivity contribution in [3.63, 3.8) is 0 Å². The molecule has 0 spiro atoms. The Morgan fingerprint density at radius 1 is 1.67 bits per heavy atom. The SMILES string of the molecule is CC(Cl)n1ccnc1.Cl. The van der Waals surface area contributed by atoms with Gasteiger partial charge < -0.3 is 4.57 Å². The van der Waals surface area contributed by atoms with Gasteiger partial charge in [0.1, 0.15) is 5.50 Å². The Balaban J connectivity index is 0.000000640. The van der Waals surface area contributed by atoms with E-state index in [0.717, 1.165) is 0 Å². The molecule has 1 heterocycles. The highest BCUT2D eigenvalue weighted by atomic mass is 35.5. The Labute approximate surface area is 65.3 Å². The van der Waals surface area contributed by atoms with Gasteiger partial charge in [-0.05, 0) is 6.92 Å². The van der Waals surface area contributed by atoms with E-state index in [4.69, 9.17) is 11.6 Å². The summed E-state index contributed by atoms with van der Waals surface area (Å²) in [5.41, 5.74) is 0.0116. The first-order chi connectivity index (χ1) is 3.80. The average Bonchev–Trinajstić information content (AvgIpc) is 2.12. The molecule has 52 valence electrons. The van der Waals surface area contributed by atoms with Crippen molar-refractivity contribution < 1.29 is 0 Å². The third-order valence-corrected chi connectivity index (χ3v) is 1.16. The minimum atomic E-state index is 0. The largest absolute Gasteiger partial charge is 0.321 e. The predicted molar refractivity (Wildman–Crippen MR) is 40.0 cm³/mol.